The van der Waals surface area contributed by atoms with E-state index in [2.05, 4.69) is 126 Å². The summed E-state index contributed by atoms with van der Waals surface area (Å²) in [5.74, 6) is 0.438. The molecule has 47 heavy (non-hydrogen) atoms. The maximum absolute atomic E-state index is 10.6. The van der Waals surface area contributed by atoms with Crippen LogP contribution in [-0.4, -0.2) is 11.7 Å². The zero-order chi connectivity index (χ0) is 35.1. The lowest BCUT2D eigenvalue weighted by molar-refractivity contribution is 0.363. The van der Waals surface area contributed by atoms with Crippen LogP contribution in [0.15, 0.2) is 44.8 Å². The molecule has 4 rings (SSSR count). The highest BCUT2D eigenvalue weighted by molar-refractivity contribution is 7.31. The summed E-state index contributed by atoms with van der Waals surface area (Å²) in [5, 5.41) is 12.8. The molecule has 0 atom stereocenters. The fourth-order valence-corrected chi connectivity index (χ4v) is 7.22. The van der Waals surface area contributed by atoms with Crippen molar-refractivity contribution in [3.8, 4) is 5.75 Å². The molecule has 0 amide bonds. The van der Waals surface area contributed by atoms with Gasteiger partial charge in [-0.1, -0.05) is 121 Å². The summed E-state index contributed by atoms with van der Waals surface area (Å²) in [6.45, 7) is 31.9. The summed E-state index contributed by atoms with van der Waals surface area (Å²) < 4.78 is 20.3. The lowest BCUT2D eigenvalue weighted by atomic mass is 9.77. The first-order valence-corrected chi connectivity index (χ1v) is 18.7. The van der Waals surface area contributed by atoms with Crippen LogP contribution in [0.5, 0.6) is 5.75 Å². The van der Waals surface area contributed by atoms with Crippen molar-refractivity contribution in [2.75, 3.05) is 6.61 Å². The van der Waals surface area contributed by atoms with Gasteiger partial charge in [0, 0.05) is 21.9 Å². The Morgan fingerprint density at radius 2 is 1.13 bits per heavy atom. The zero-order valence-electron chi connectivity index (χ0n) is 31.8. The molecule has 0 saturated carbocycles. The van der Waals surface area contributed by atoms with Crippen molar-refractivity contribution in [1.29, 1.82) is 0 Å². The number of phenolic OH excluding ortho intramolecular Hbond substituents is 1. The Bertz CT molecular complexity index is 1670. The van der Waals surface area contributed by atoms with E-state index in [9.17, 15) is 5.11 Å². The lowest BCUT2D eigenvalue weighted by Gasteiger charge is -2.27. The molecule has 1 heterocycles. The number of fused-ring (bicyclic) bond motifs is 3. The first-order valence-electron chi connectivity index (χ1n) is 17.6. The Kier molecular flexibility index (Phi) is 10.8. The maximum Gasteiger partial charge on any atom is 0.387 e. The van der Waals surface area contributed by atoms with Gasteiger partial charge in [-0.15, -0.1) is 0 Å². The van der Waals surface area contributed by atoms with Gasteiger partial charge in [0.25, 0.3) is 0 Å². The summed E-state index contributed by atoms with van der Waals surface area (Å²) in [6, 6.07) is 13.6. The first-order chi connectivity index (χ1) is 21.6. The third kappa shape index (κ3) is 8.68. The molecule has 0 aliphatic heterocycles. The minimum absolute atomic E-state index is 0.0406. The van der Waals surface area contributed by atoms with Crippen LogP contribution in [0, 0.1) is 6.92 Å². The molecule has 0 fully saturated rings. The Hall–Kier alpha value is -2.68. The summed E-state index contributed by atoms with van der Waals surface area (Å²) >= 11 is 0. The van der Waals surface area contributed by atoms with E-state index >= 15 is 0 Å². The summed E-state index contributed by atoms with van der Waals surface area (Å²) in [4.78, 5) is 0. The summed E-state index contributed by atoms with van der Waals surface area (Å²) in [5.41, 5.74) is 9.48. The highest BCUT2D eigenvalue weighted by Gasteiger charge is 2.28. The molecule has 1 aromatic heterocycles. The topological polar surface area (TPSA) is 55.7 Å². The quantitative estimate of drug-likeness (QED) is 0.191. The maximum atomic E-state index is 10.6. The summed E-state index contributed by atoms with van der Waals surface area (Å²) in [7, 11) is -1.72. The van der Waals surface area contributed by atoms with Gasteiger partial charge in [-0.2, -0.15) is 0 Å². The molecule has 0 saturated heterocycles. The Balaban J connectivity index is 1.91. The zero-order valence-corrected chi connectivity index (χ0v) is 32.7. The van der Waals surface area contributed by atoms with Crippen LogP contribution in [0.2, 0.25) is 0 Å². The average molecular weight is 661 g/mol. The predicted molar refractivity (Wildman–Crippen MR) is 202 cm³/mol. The van der Waals surface area contributed by atoms with Gasteiger partial charge in [0.1, 0.15) is 16.9 Å². The van der Waals surface area contributed by atoms with E-state index in [0.717, 1.165) is 65.2 Å². The number of benzene rings is 3. The van der Waals surface area contributed by atoms with Crippen molar-refractivity contribution in [2.45, 2.75) is 151 Å². The van der Waals surface area contributed by atoms with Crippen LogP contribution in [0.4, 0.5) is 0 Å². The van der Waals surface area contributed by atoms with E-state index in [-0.39, 0.29) is 21.7 Å². The molecule has 0 bridgehead atoms. The van der Waals surface area contributed by atoms with Gasteiger partial charge in [0.05, 0.1) is 6.61 Å². The summed E-state index contributed by atoms with van der Waals surface area (Å²) in [6.07, 6.45) is 4.77. The number of hydrogen-bond donors (Lipinski definition) is 1. The molecular formula is C42H61O4P. The second-order valence-corrected chi connectivity index (χ2v) is 18.7. The fraction of sp³-hybridized carbons (Fsp3) is 0.571. The third-order valence-corrected chi connectivity index (χ3v) is 10.2. The van der Waals surface area contributed by atoms with E-state index in [0.29, 0.717) is 12.4 Å². The fourth-order valence-electron chi connectivity index (χ4n) is 6.11. The number of aryl methyl sites for hydroxylation is 3. The highest BCUT2D eigenvalue weighted by Crippen LogP contribution is 2.45. The second-order valence-electron chi connectivity index (χ2n) is 17.7. The monoisotopic (exact) mass is 660 g/mol. The van der Waals surface area contributed by atoms with Crippen LogP contribution < -0.4 is 4.52 Å². The van der Waals surface area contributed by atoms with Gasteiger partial charge >= 0.3 is 8.24 Å². The van der Waals surface area contributed by atoms with Crippen molar-refractivity contribution in [3.63, 3.8) is 0 Å². The normalized spacial score (nSPS) is 13.1. The minimum atomic E-state index is -1.72. The second kappa shape index (κ2) is 13.7. The van der Waals surface area contributed by atoms with Gasteiger partial charge in [0.2, 0.25) is 0 Å². The molecule has 3 aromatic carbocycles. The van der Waals surface area contributed by atoms with Crippen molar-refractivity contribution in [2.24, 2.45) is 0 Å². The molecule has 4 aromatic rings. The molecule has 0 unspecified atom stereocenters. The number of unbranched alkanes of at least 4 members (excludes halogenated alkanes) is 1. The Morgan fingerprint density at radius 3 is 1.55 bits per heavy atom. The third-order valence-electron chi connectivity index (χ3n) is 9.19. The van der Waals surface area contributed by atoms with Gasteiger partial charge in [0.15, 0.2) is 0 Å². The molecule has 258 valence electrons. The van der Waals surface area contributed by atoms with E-state index in [1.165, 1.54) is 27.8 Å². The van der Waals surface area contributed by atoms with Crippen molar-refractivity contribution in [3.05, 3.63) is 75.3 Å². The van der Waals surface area contributed by atoms with Gasteiger partial charge in [-0.25, -0.2) is 0 Å². The molecular weight excluding hydrogens is 599 g/mol. The number of aromatic hydroxyl groups is 1. The van der Waals surface area contributed by atoms with Crippen LogP contribution in [0.25, 0.3) is 21.9 Å². The predicted octanol–water partition coefficient (Wildman–Crippen LogP) is 12.9. The molecule has 0 spiro atoms. The van der Waals surface area contributed by atoms with Crippen LogP contribution >= 0.6 is 8.24 Å². The minimum Gasteiger partial charge on any atom is -0.507 e. The Morgan fingerprint density at radius 1 is 0.638 bits per heavy atom. The van der Waals surface area contributed by atoms with Gasteiger partial charge < -0.3 is 13.5 Å². The van der Waals surface area contributed by atoms with E-state index in [4.69, 9.17) is 12.9 Å². The van der Waals surface area contributed by atoms with E-state index in [1.807, 2.05) is 6.92 Å². The molecule has 0 radical (unpaired) electrons. The Labute approximate surface area is 285 Å². The molecule has 5 heteroatoms. The molecule has 4 nitrogen and oxygen atoms in total. The average Bonchev–Trinajstić information content (AvgIpc) is 3.09. The smallest absolute Gasteiger partial charge is 0.387 e. The van der Waals surface area contributed by atoms with Crippen LogP contribution in [0.1, 0.15) is 148 Å². The number of hydrogen-bond acceptors (Lipinski definition) is 4. The van der Waals surface area contributed by atoms with Gasteiger partial charge in [-0.3, -0.25) is 4.52 Å². The highest BCUT2D eigenvalue weighted by atomic mass is 31.1. The van der Waals surface area contributed by atoms with Crippen LogP contribution in [0.3, 0.4) is 0 Å². The lowest BCUT2D eigenvalue weighted by Crippen LogP contribution is -2.17. The number of phenols is 1. The largest absolute Gasteiger partial charge is 0.507 e. The molecule has 0 aliphatic rings. The molecule has 1 N–H and O–H groups in total. The van der Waals surface area contributed by atoms with Gasteiger partial charge in [-0.05, 0) is 94.2 Å². The van der Waals surface area contributed by atoms with Crippen molar-refractivity contribution in [1.82, 2.24) is 0 Å². The number of rotatable bonds is 8. The standard InChI is InChI=1S/C42H61O4P/c1-15-16-19-29-22-28(21-27(2)36(29)43)18-17-20-44-47-45-37-32(23-30(39(3,4)5)25-34(37)41(9,10)11)33-24-31(40(6,7)8)26-35(38(33)46-47)42(12,13)14/h21-26,43H,15-20H2,1-14H3. The van der Waals surface area contributed by atoms with Crippen molar-refractivity contribution < 1.29 is 18.0 Å². The van der Waals surface area contributed by atoms with Crippen molar-refractivity contribution >= 4 is 30.2 Å². The van der Waals surface area contributed by atoms with Crippen LogP contribution in [-0.2, 0) is 34.5 Å². The van der Waals surface area contributed by atoms with E-state index < -0.39 is 8.24 Å². The molecule has 0 aliphatic carbocycles. The van der Waals surface area contributed by atoms with E-state index in [1.54, 1.807) is 0 Å². The SMILES string of the molecule is CCCCc1cc(CCCOp2oc3c(C(C)(C)C)cc(C(C)(C)C)cc3c3cc(C(C)(C)C)cc(C(C)(C)C)c3o2)cc(C)c1O. The first kappa shape index (κ1) is 37.1.